The number of nitrogens with zero attached hydrogens (tertiary/aromatic N) is 1. The molecule has 2 amide bonds. The van der Waals surface area contributed by atoms with Gasteiger partial charge in [0.05, 0.1) is 16.0 Å². The maximum Gasteiger partial charge on any atom is 0.270 e. The van der Waals surface area contributed by atoms with E-state index < -0.39 is 0 Å². The number of fused-ring (bicyclic) bond motifs is 1. The van der Waals surface area contributed by atoms with Gasteiger partial charge in [0.25, 0.3) is 5.91 Å². The van der Waals surface area contributed by atoms with Crippen molar-refractivity contribution in [3.8, 4) is 0 Å². The molecule has 3 rings (SSSR count). The van der Waals surface area contributed by atoms with Gasteiger partial charge in [0.1, 0.15) is 5.69 Å². The fraction of sp³-hybridized carbons (Fsp3) is 0.333. The number of nitrogens with two attached hydrogens (primary N) is 1. The van der Waals surface area contributed by atoms with Crippen molar-refractivity contribution in [3.63, 3.8) is 0 Å². The molecule has 2 heterocycles. The van der Waals surface area contributed by atoms with E-state index in [4.69, 9.17) is 28.9 Å². The molecule has 2 aromatic rings. The number of carbonyl (C=O) groups excluding carboxylic acids is 2. The van der Waals surface area contributed by atoms with Crippen LogP contribution in [0.1, 0.15) is 23.3 Å². The zero-order valence-corrected chi connectivity index (χ0v) is 13.2. The van der Waals surface area contributed by atoms with E-state index in [-0.39, 0.29) is 17.7 Å². The molecule has 0 spiro atoms. The van der Waals surface area contributed by atoms with Gasteiger partial charge in [-0.05, 0) is 31.0 Å². The summed E-state index contributed by atoms with van der Waals surface area (Å²) in [6.07, 6.45) is 1.50. The predicted octanol–water partition coefficient (Wildman–Crippen LogP) is 2.81. The summed E-state index contributed by atoms with van der Waals surface area (Å²) in [4.78, 5) is 28.6. The third kappa shape index (κ3) is 2.66. The molecule has 1 aromatic heterocycles. The van der Waals surface area contributed by atoms with Gasteiger partial charge in [0.15, 0.2) is 0 Å². The molecule has 1 aliphatic heterocycles. The number of likely N-dealkylation sites (tertiary alicyclic amines) is 1. The fourth-order valence-electron chi connectivity index (χ4n) is 2.82. The lowest BCUT2D eigenvalue weighted by molar-refractivity contribution is -0.123. The Labute approximate surface area is 137 Å². The van der Waals surface area contributed by atoms with Crippen molar-refractivity contribution in [3.05, 3.63) is 33.9 Å². The van der Waals surface area contributed by atoms with Gasteiger partial charge in [-0.1, -0.05) is 23.2 Å². The number of H-pyrrole nitrogens is 1. The van der Waals surface area contributed by atoms with Crippen LogP contribution >= 0.6 is 23.2 Å². The predicted molar refractivity (Wildman–Crippen MR) is 86.1 cm³/mol. The van der Waals surface area contributed by atoms with Crippen molar-refractivity contribution in [1.29, 1.82) is 0 Å². The highest BCUT2D eigenvalue weighted by molar-refractivity contribution is 6.45. The first-order valence-electron chi connectivity index (χ1n) is 7.02. The molecule has 1 fully saturated rings. The fourth-order valence-corrected chi connectivity index (χ4v) is 3.21. The molecular formula is C15H15Cl2N3O2. The van der Waals surface area contributed by atoms with Gasteiger partial charge in [-0.15, -0.1) is 0 Å². The molecule has 1 atom stereocenters. The summed E-state index contributed by atoms with van der Waals surface area (Å²) in [6, 6.07) is 5.16. The summed E-state index contributed by atoms with van der Waals surface area (Å²) in [5.74, 6) is -0.793. The molecule has 7 heteroatoms. The molecule has 0 radical (unpaired) electrons. The van der Waals surface area contributed by atoms with Crippen molar-refractivity contribution in [1.82, 2.24) is 9.88 Å². The average Bonchev–Trinajstić information content (AvgIpc) is 2.95. The number of carbonyl (C=O) groups is 2. The molecule has 0 aliphatic carbocycles. The van der Waals surface area contributed by atoms with E-state index in [9.17, 15) is 9.59 Å². The summed E-state index contributed by atoms with van der Waals surface area (Å²) in [5, 5.41) is 1.57. The lowest BCUT2D eigenvalue weighted by atomic mass is 9.97. The number of benzene rings is 1. The van der Waals surface area contributed by atoms with Crippen molar-refractivity contribution in [2.24, 2.45) is 11.7 Å². The van der Waals surface area contributed by atoms with Gasteiger partial charge in [-0.3, -0.25) is 9.59 Å². The second kappa shape index (κ2) is 5.82. The Morgan fingerprint density at radius 1 is 1.32 bits per heavy atom. The number of nitrogens with one attached hydrogen (secondary N) is 1. The molecule has 3 N–H and O–H groups in total. The number of piperidine rings is 1. The smallest absolute Gasteiger partial charge is 0.270 e. The molecule has 22 heavy (non-hydrogen) atoms. The highest BCUT2D eigenvalue weighted by Crippen LogP contribution is 2.31. The third-order valence-electron chi connectivity index (χ3n) is 4.03. The first-order chi connectivity index (χ1) is 10.5. The standard InChI is InChI=1S/C15H15Cl2N3O2/c16-10-3-4-11-9(13(10)17)6-12(19-11)15(22)20-5-1-2-8(7-20)14(18)21/h3-4,6,8,19H,1-2,5,7H2,(H2,18,21). The Kier molecular flexibility index (Phi) is 4.02. The minimum Gasteiger partial charge on any atom is -0.369 e. The largest absolute Gasteiger partial charge is 0.369 e. The van der Waals surface area contributed by atoms with Crippen LogP contribution in [0.2, 0.25) is 10.0 Å². The average molecular weight is 340 g/mol. The SMILES string of the molecule is NC(=O)C1CCCN(C(=O)c2cc3c(Cl)c(Cl)ccc3[nH]2)C1. The van der Waals surface area contributed by atoms with Crippen molar-refractivity contribution in [2.45, 2.75) is 12.8 Å². The van der Waals surface area contributed by atoms with E-state index >= 15 is 0 Å². The topological polar surface area (TPSA) is 79.2 Å². The van der Waals surface area contributed by atoms with Crippen molar-refractivity contribution < 1.29 is 9.59 Å². The van der Waals surface area contributed by atoms with Gasteiger partial charge in [-0.2, -0.15) is 0 Å². The van der Waals surface area contributed by atoms with E-state index in [0.717, 1.165) is 18.4 Å². The number of amides is 2. The number of hydrogen-bond donors (Lipinski definition) is 2. The molecule has 5 nitrogen and oxygen atoms in total. The molecule has 0 saturated carbocycles. The normalized spacial score (nSPS) is 18.6. The van der Waals surface area contributed by atoms with Crippen LogP contribution in [0.3, 0.4) is 0 Å². The maximum atomic E-state index is 12.6. The van der Waals surface area contributed by atoms with Gasteiger partial charge in [0.2, 0.25) is 5.91 Å². The molecule has 1 unspecified atom stereocenters. The summed E-state index contributed by atoms with van der Waals surface area (Å²) >= 11 is 12.1. The minimum absolute atomic E-state index is 0.158. The lowest BCUT2D eigenvalue weighted by Gasteiger charge is -2.30. The van der Waals surface area contributed by atoms with Crippen LogP contribution in [-0.2, 0) is 4.79 Å². The van der Waals surface area contributed by atoms with Crippen molar-refractivity contribution >= 4 is 45.9 Å². The van der Waals surface area contributed by atoms with Crippen LogP contribution < -0.4 is 5.73 Å². The van der Waals surface area contributed by atoms with E-state index in [1.165, 1.54) is 0 Å². The Morgan fingerprint density at radius 2 is 2.09 bits per heavy atom. The van der Waals surface area contributed by atoms with Crippen LogP contribution in [0.4, 0.5) is 0 Å². The Morgan fingerprint density at radius 3 is 2.82 bits per heavy atom. The van der Waals surface area contributed by atoms with Crippen LogP contribution in [0, 0.1) is 5.92 Å². The summed E-state index contributed by atoms with van der Waals surface area (Å²) in [6.45, 7) is 0.977. The third-order valence-corrected chi connectivity index (χ3v) is 4.85. The number of hydrogen-bond acceptors (Lipinski definition) is 2. The van der Waals surface area contributed by atoms with Crippen LogP contribution in [-0.4, -0.2) is 34.8 Å². The number of primary amides is 1. The first-order valence-corrected chi connectivity index (χ1v) is 7.78. The van der Waals surface area contributed by atoms with E-state index in [1.54, 1.807) is 23.1 Å². The van der Waals surface area contributed by atoms with Crippen LogP contribution in [0.25, 0.3) is 10.9 Å². The van der Waals surface area contributed by atoms with Gasteiger partial charge in [0, 0.05) is 24.0 Å². The minimum atomic E-state index is -0.357. The first kappa shape index (κ1) is 15.2. The summed E-state index contributed by atoms with van der Waals surface area (Å²) in [7, 11) is 0. The second-order valence-corrected chi connectivity index (χ2v) is 6.28. The van der Waals surface area contributed by atoms with E-state index in [2.05, 4.69) is 4.98 Å². The molecule has 116 valence electrons. The van der Waals surface area contributed by atoms with Gasteiger partial charge < -0.3 is 15.6 Å². The second-order valence-electron chi connectivity index (χ2n) is 5.50. The van der Waals surface area contributed by atoms with Crippen LogP contribution in [0.5, 0.6) is 0 Å². The summed E-state index contributed by atoms with van der Waals surface area (Å²) in [5.41, 5.74) is 6.53. The highest BCUT2D eigenvalue weighted by Gasteiger charge is 2.28. The number of aromatic nitrogens is 1. The molecule has 1 saturated heterocycles. The van der Waals surface area contributed by atoms with Gasteiger partial charge >= 0.3 is 0 Å². The van der Waals surface area contributed by atoms with Crippen LogP contribution in [0.15, 0.2) is 18.2 Å². The molecular weight excluding hydrogens is 325 g/mol. The maximum absolute atomic E-state index is 12.6. The molecule has 0 bridgehead atoms. The zero-order chi connectivity index (χ0) is 15.9. The molecule has 1 aromatic carbocycles. The van der Waals surface area contributed by atoms with Crippen molar-refractivity contribution in [2.75, 3.05) is 13.1 Å². The number of halogens is 2. The highest BCUT2D eigenvalue weighted by atomic mass is 35.5. The Hall–Kier alpha value is -1.72. The number of rotatable bonds is 2. The quantitative estimate of drug-likeness (QED) is 0.882. The zero-order valence-electron chi connectivity index (χ0n) is 11.7. The van der Waals surface area contributed by atoms with E-state index in [1.807, 2.05) is 0 Å². The monoisotopic (exact) mass is 339 g/mol. The number of aromatic amines is 1. The lowest BCUT2D eigenvalue weighted by Crippen LogP contribution is -2.44. The molecule has 1 aliphatic rings. The summed E-state index contributed by atoms with van der Waals surface area (Å²) < 4.78 is 0. The Balaban J connectivity index is 1.89. The Bertz CT molecular complexity index is 757. The van der Waals surface area contributed by atoms with E-state index in [0.29, 0.717) is 34.2 Å². The van der Waals surface area contributed by atoms with Gasteiger partial charge in [-0.25, -0.2) is 0 Å².